The van der Waals surface area contributed by atoms with E-state index in [-0.39, 0.29) is 24.4 Å². The summed E-state index contributed by atoms with van der Waals surface area (Å²) in [5, 5.41) is 11.7. The first-order valence-corrected chi connectivity index (χ1v) is 8.88. The van der Waals surface area contributed by atoms with Crippen LogP contribution in [0.3, 0.4) is 0 Å². The maximum absolute atomic E-state index is 12.7. The van der Waals surface area contributed by atoms with Gasteiger partial charge in [0.25, 0.3) is 5.56 Å². The molecule has 1 atom stereocenters. The Hall–Kier alpha value is -2.35. The van der Waals surface area contributed by atoms with Gasteiger partial charge in [-0.3, -0.25) is 19.0 Å². The molecular weight excluding hydrogens is 330 g/mol. The maximum atomic E-state index is 12.7. The molecule has 2 aromatic rings. The van der Waals surface area contributed by atoms with Crippen molar-refractivity contribution in [2.24, 2.45) is 0 Å². The highest BCUT2D eigenvalue weighted by molar-refractivity contribution is 7.98. The van der Waals surface area contributed by atoms with Gasteiger partial charge in [-0.15, -0.1) is 0 Å². The van der Waals surface area contributed by atoms with Crippen LogP contribution >= 0.6 is 11.8 Å². The number of fused-ring (bicyclic) bond motifs is 1. The summed E-state index contributed by atoms with van der Waals surface area (Å²) in [5.41, 5.74) is 0.300. The second-order valence-corrected chi connectivity index (χ2v) is 6.19. The van der Waals surface area contributed by atoms with Crippen LogP contribution in [0.1, 0.15) is 18.9 Å². The lowest BCUT2D eigenvalue weighted by atomic mass is 10.2. The molecule has 8 heteroatoms. The van der Waals surface area contributed by atoms with Crippen molar-refractivity contribution in [3.05, 3.63) is 40.9 Å². The Morgan fingerprint density at radius 3 is 2.83 bits per heavy atom. The number of benzene rings is 1. The molecule has 24 heavy (non-hydrogen) atoms. The van der Waals surface area contributed by atoms with Gasteiger partial charge < -0.3 is 10.4 Å². The fourth-order valence-corrected chi connectivity index (χ4v) is 2.80. The number of nitrogens with one attached hydrogen (secondary N) is 1. The smallest absolute Gasteiger partial charge is 0.305 e. The number of carboxylic acids is 1. The van der Waals surface area contributed by atoms with Crippen LogP contribution in [-0.2, 0) is 9.59 Å². The zero-order chi connectivity index (χ0) is 17.5. The van der Waals surface area contributed by atoms with E-state index in [1.54, 1.807) is 36.0 Å². The number of hydrogen-bond donors (Lipinski definition) is 2. The molecule has 0 aliphatic rings. The zero-order valence-electron chi connectivity index (χ0n) is 13.3. The Morgan fingerprint density at radius 2 is 2.12 bits per heavy atom. The van der Waals surface area contributed by atoms with Crippen molar-refractivity contribution in [2.75, 3.05) is 18.6 Å². The molecule has 0 aliphatic carbocycles. The van der Waals surface area contributed by atoms with E-state index in [1.807, 2.05) is 6.26 Å². The molecule has 0 spiro atoms. The average molecular weight is 349 g/mol. The highest BCUT2D eigenvalue weighted by Gasteiger charge is 2.22. The van der Waals surface area contributed by atoms with Crippen LogP contribution in [0.4, 0.5) is 0 Å². The molecule has 1 aromatic carbocycles. The monoisotopic (exact) mass is 349 g/mol. The summed E-state index contributed by atoms with van der Waals surface area (Å²) in [5.74, 6) is -0.666. The third-order valence-electron chi connectivity index (χ3n) is 3.56. The summed E-state index contributed by atoms with van der Waals surface area (Å²) in [4.78, 5) is 39.9. The largest absolute Gasteiger partial charge is 0.481 e. The number of rotatable bonds is 8. The number of amides is 1. The Kier molecular flexibility index (Phi) is 6.36. The van der Waals surface area contributed by atoms with Crippen molar-refractivity contribution >= 4 is 34.5 Å². The Bertz CT molecular complexity index is 790. The topological polar surface area (TPSA) is 101 Å². The number of carboxylic acid groups (broad SMARTS) is 1. The SMILES string of the molecule is CSCC[C@@H](C(=O)NCCC(=O)O)n1cnc2ccccc2c1=O. The minimum absolute atomic E-state index is 0.0275. The molecule has 0 unspecified atom stereocenters. The molecule has 0 bridgehead atoms. The number of carbonyl (C=O) groups excluding carboxylic acids is 1. The second kappa shape index (κ2) is 8.49. The highest BCUT2D eigenvalue weighted by Crippen LogP contribution is 2.14. The fraction of sp³-hybridized carbons (Fsp3) is 0.375. The lowest BCUT2D eigenvalue weighted by Crippen LogP contribution is -2.38. The van der Waals surface area contributed by atoms with E-state index in [1.165, 1.54) is 10.9 Å². The van der Waals surface area contributed by atoms with Crippen molar-refractivity contribution in [3.8, 4) is 0 Å². The summed E-state index contributed by atoms with van der Waals surface area (Å²) in [7, 11) is 0. The predicted octanol–water partition coefficient (Wildman–Crippen LogP) is 1.28. The molecule has 0 aliphatic heterocycles. The summed E-state index contributed by atoms with van der Waals surface area (Å²) in [6, 6.07) is 6.25. The van der Waals surface area contributed by atoms with E-state index in [0.717, 1.165) is 0 Å². The number of thioether (sulfide) groups is 1. The van der Waals surface area contributed by atoms with Gasteiger partial charge in [0, 0.05) is 6.54 Å². The van der Waals surface area contributed by atoms with Gasteiger partial charge in [-0.25, -0.2) is 4.98 Å². The average Bonchev–Trinajstić information content (AvgIpc) is 2.57. The zero-order valence-corrected chi connectivity index (χ0v) is 14.1. The van der Waals surface area contributed by atoms with E-state index >= 15 is 0 Å². The number of aliphatic carboxylic acids is 1. The van der Waals surface area contributed by atoms with Gasteiger partial charge in [-0.2, -0.15) is 11.8 Å². The molecule has 128 valence electrons. The van der Waals surface area contributed by atoms with Crippen LogP contribution in [0, 0.1) is 0 Å². The van der Waals surface area contributed by atoms with Gasteiger partial charge in [0.15, 0.2) is 0 Å². The van der Waals surface area contributed by atoms with Crippen LogP contribution in [-0.4, -0.2) is 45.1 Å². The van der Waals surface area contributed by atoms with Crippen LogP contribution in [0.5, 0.6) is 0 Å². The minimum atomic E-state index is -0.986. The van der Waals surface area contributed by atoms with E-state index in [9.17, 15) is 14.4 Å². The Balaban J connectivity index is 2.30. The molecule has 0 saturated carbocycles. The van der Waals surface area contributed by atoms with Gasteiger partial charge in [0.2, 0.25) is 5.91 Å². The number of carbonyl (C=O) groups is 2. The van der Waals surface area contributed by atoms with Crippen LogP contribution in [0.15, 0.2) is 35.4 Å². The van der Waals surface area contributed by atoms with Crippen LogP contribution in [0.2, 0.25) is 0 Å². The standard InChI is InChI=1S/C16H19N3O4S/c1-24-9-7-13(15(22)17-8-6-14(20)21)19-10-18-12-5-3-2-4-11(12)16(19)23/h2-5,10,13H,6-9H2,1H3,(H,17,22)(H,20,21)/t13-/m0/s1. The molecule has 1 heterocycles. The number of aromatic nitrogens is 2. The quantitative estimate of drug-likeness (QED) is 0.744. The van der Waals surface area contributed by atoms with Gasteiger partial charge in [-0.1, -0.05) is 12.1 Å². The first kappa shape index (κ1) is 18.0. The van der Waals surface area contributed by atoms with E-state index < -0.39 is 12.0 Å². The molecule has 2 N–H and O–H groups in total. The minimum Gasteiger partial charge on any atom is -0.481 e. The van der Waals surface area contributed by atoms with Gasteiger partial charge in [-0.05, 0) is 30.6 Å². The van der Waals surface area contributed by atoms with E-state index in [2.05, 4.69) is 10.3 Å². The molecule has 0 radical (unpaired) electrons. The summed E-state index contributed by atoms with van der Waals surface area (Å²) >= 11 is 1.57. The van der Waals surface area contributed by atoms with Crippen molar-refractivity contribution in [2.45, 2.75) is 18.9 Å². The second-order valence-electron chi connectivity index (χ2n) is 5.21. The van der Waals surface area contributed by atoms with Gasteiger partial charge in [0.05, 0.1) is 23.7 Å². The van der Waals surface area contributed by atoms with E-state index in [0.29, 0.717) is 23.1 Å². The summed E-state index contributed by atoms with van der Waals surface area (Å²) in [6.45, 7) is 0.0275. The van der Waals surface area contributed by atoms with Crippen molar-refractivity contribution < 1.29 is 14.7 Å². The van der Waals surface area contributed by atoms with Crippen molar-refractivity contribution in [1.82, 2.24) is 14.9 Å². The highest BCUT2D eigenvalue weighted by atomic mass is 32.2. The Labute approximate surface area is 143 Å². The van der Waals surface area contributed by atoms with Crippen molar-refractivity contribution in [1.29, 1.82) is 0 Å². The molecular formula is C16H19N3O4S. The van der Waals surface area contributed by atoms with Gasteiger partial charge >= 0.3 is 5.97 Å². The molecule has 0 saturated heterocycles. The maximum Gasteiger partial charge on any atom is 0.305 e. The molecule has 1 amide bonds. The first-order valence-electron chi connectivity index (χ1n) is 7.49. The third kappa shape index (κ3) is 4.35. The fourth-order valence-electron chi connectivity index (χ4n) is 2.34. The number of para-hydroxylation sites is 1. The molecule has 1 aromatic heterocycles. The third-order valence-corrected chi connectivity index (χ3v) is 4.21. The number of nitrogens with zero attached hydrogens (tertiary/aromatic N) is 2. The molecule has 7 nitrogen and oxygen atoms in total. The normalized spacial score (nSPS) is 12.0. The molecule has 0 fully saturated rings. The number of hydrogen-bond acceptors (Lipinski definition) is 5. The Morgan fingerprint density at radius 1 is 1.38 bits per heavy atom. The summed E-state index contributed by atoms with van der Waals surface area (Å²) in [6.07, 6.45) is 3.60. The lowest BCUT2D eigenvalue weighted by molar-refractivity contribution is -0.137. The van der Waals surface area contributed by atoms with Gasteiger partial charge in [0.1, 0.15) is 6.04 Å². The summed E-state index contributed by atoms with van der Waals surface area (Å²) < 4.78 is 1.33. The van der Waals surface area contributed by atoms with E-state index in [4.69, 9.17) is 5.11 Å². The predicted molar refractivity (Wildman–Crippen MR) is 93.3 cm³/mol. The lowest BCUT2D eigenvalue weighted by Gasteiger charge is -2.19. The van der Waals surface area contributed by atoms with Crippen LogP contribution < -0.4 is 10.9 Å². The first-order chi connectivity index (χ1) is 11.5. The van der Waals surface area contributed by atoms with Crippen LogP contribution in [0.25, 0.3) is 10.9 Å². The van der Waals surface area contributed by atoms with Crippen molar-refractivity contribution in [3.63, 3.8) is 0 Å². The molecule has 2 rings (SSSR count).